The molecule has 1 aliphatic heterocycles. The fourth-order valence-corrected chi connectivity index (χ4v) is 3.06. The number of rotatable bonds is 6. The molecule has 0 radical (unpaired) electrons. The number of nitrogens with zero attached hydrogens (tertiary/aromatic N) is 2. The third kappa shape index (κ3) is 4.42. The molecule has 0 unspecified atom stereocenters. The van der Waals surface area contributed by atoms with Gasteiger partial charge in [0.15, 0.2) is 0 Å². The van der Waals surface area contributed by atoms with E-state index in [-0.39, 0.29) is 17.7 Å². The van der Waals surface area contributed by atoms with E-state index in [1.807, 2.05) is 13.8 Å². The number of benzene rings is 1. The van der Waals surface area contributed by atoms with Crippen molar-refractivity contribution in [1.29, 1.82) is 0 Å². The maximum absolute atomic E-state index is 13.0. The molecule has 29 heavy (non-hydrogen) atoms. The first kappa shape index (κ1) is 20.4. The number of likely N-dealkylation sites (tertiary alicyclic amines) is 1. The third-order valence-electron chi connectivity index (χ3n) is 4.69. The van der Waals surface area contributed by atoms with Crippen LogP contribution in [-0.4, -0.2) is 49.2 Å². The van der Waals surface area contributed by atoms with E-state index >= 15 is 0 Å². The summed E-state index contributed by atoms with van der Waals surface area (Å²) in [6.45, 7) is 5.28. The van der Waals surface area contributed by atoms with Crippen LogP contribution in [0.15, 0.2) is 30.3 Å². The standard InChI is InChI=1S/C21H25N3O5/c1-13(2)18-14(7-5-8-16(18)29-21(26)24-11-6-12-24)19(25)22-15-9-10-17(27-3)23-20(15)28-4/h5,7-10,13H,6,11-12H2,1-4H3,(H,22,25). The van der Waals surface area contributed by atoms with E-state index in [9.17, 15) is 9.59 Å². The highest BCUT2D eigenvalue weighted by Crippen LogP contribution is 2.32. The molecule has 154 valence electrons. The third-order valence-corrected chi connectivity index (χ3v) is 4.69. The lowest BCUT2D eigenvalue weighted by Gasteiger charge is -2.30. The van der Waals surface area contributed by atoms with E-state index in [2.05, 4.69) is 10.3 Å². The van der Waals surface area contributed by atoms with Gasteiger partial charge in [-0.25, -0.2) is 4.79 Å². The largest absolute Gasteiger partial charge is 0.481 e. The van der Waals surface area contributed by atoms with Gasteiger partial charge in [-0.2, -0.15) is 4.98 Å². The molecule has 1 aromatic heterocycles. The fraction of sp³-hybridized carbons (Fsp3) is 0.381. The van der Waals surface area contributed by atoms with Gasteiger partial charge in [-0.3, -0.25) is 4.79 Å². The molecule has 8 nitrogen and oxygen atoms in total. The highest BCUT2D eigenvalue weighted by atomic mass is 16.6. The van der Waals surface area contributed by atoms with E-state index in [0.717, 1.165) is 6.42 Å². The zero-order valence-corrected chi connectivity index (χ0v) is 17.0. The van der Waals surface area contributed by atoms with Crippen LogP contribution in [-0.2, 0) is 0 Å². The molecule has 1 aliphatic rings. The smallest absolute Gasteiger partial charge is 0.415 e. The number of aromatic nitrogens is 1. The zero-order valence-electron chi connectivity index (χ0n) is 17.0. The number of carbonyl (C=O) groups excluding carboxylic acids is 2. The fourth-order valence-electron chi connectivity index (χ4n) is 3.06. The van der Waals surface area contributed by atoms with Crippen molar-refractivity contribution >= 4 is 17.7 Å². The number of hydrogen-bond donors (Lipinski definition) is 1. The summed E-state index contributed by atoms with van der Waals surface area (Å²) < 4.78 is 15.9. The second-order valence-corrected chi connectivity index (χ2v) is 6.95. The van der Waals surface area contributed by atoms with Gasteiger partial charge in [0.1, 0.15) is 11.4 Å². The van der Waals surface area contributed by atoms with Gasteiger partial charge in [0.2, 0.25) is 11.8 Å². The van der Waals surface area contributed by atoms with Crippen LogP contribution >= 0.6 is 0 Å². The minimum Gasteiger partial charge on any atom is -0.481 e. The molecule has 2 aromatic rings. The second-order valence-electron chi connectivity index (χ2n) is 6.95. The first-order chi connectivity index (χ1) is 13.9. The molecule has 1 aromatic carbocycles. The van der Waals surface area contributed by atoms with Crippen molar-refractivity contribution in [2.24, 2.45) is 0 Å². The van der Waals surface area contributed by atoms with Crippen molar-refractivity contribution in [1.82, 2.24) is 9.88 Å². The molecule has 2 amide bonds. The van der Waals surface area contributed by atoms with Crippen LogP contribution in [0.5, 0.6) is 17.5 Å². The monoisotopic (exact) mass is 399 g/mol. The Morgan fingerprint density at radius 2 is 1.86 bits per heavy atom. The van der Waals surface area contributed by atoms with E-state index in [4.69, 9.17) is 14.2 Å². The van der Waals surface area contributed by atoms with Gasteiger partial charge in [0.05, 0.1) is 14.2 Å². The summed E-state index contributed by atoms with van der Waals surface area (Å²) in [4.78, 5) is 31.1. The molecule has 8 heteroatoms. The molecule has 1 saturated heterocycles. The summed E-state index contributed by atoms with van der Waals surface area (Å²) in [6, 6.07) is 8.40. The molecular formula is C21H25N3O5. The Labute approximate surface area is 169 Å². The number of amides is 2. The lowest BCUT2D eigenvalue weighted by Crippen LogP contribution is -2.43. The maximum atomic E-state index is 13.0. The normalized spacial score (nSPS) is 12.9. The number of ether oxygens (including phenoxy) is 3. The Morgan fingerprint density at radius 3 is 2.45 bits per heavy atom. The van der Waals surface area contributed by atoms with E-state index < -0.39 is 6.09 Å². The van der Waals surface area contributed by atoms with Gasteiger partial charge in [0.25, 0.3) is 5.91 Å². The molecular weight excluding hydrogens is 374 g/mol. The summed E-state index contributed by atoms with van der Waals surface area (Å²) in [5.74, 6) is 0.629. The predicted molar refractivity (Wildman–Crippen MR) is 108 cm³/mol. The minimum atomic E-state index is -0.392. The summed E-state index contributed by atoms with van der Waals surface area (Å²) in [5, 5.41) is 2.82. The predicted octanol–water partition coefficient (Wildman–Crippen LogP) is 3.68. The van der Waals surface area contributed by atoms with E-state index in [1.165, 1.54) is 14.2 Å². The van der Waals surface area contributed by atoms with Crippen LogP contribution in [0.3, 0.4) is 0 Å². The second kappa shape index (κ2) is 8.81. The van der Waals surface area contributed by atoms with Gasteiger partial charge in [-0.05, 0) is 30.5 Å². The molecule has 2 heterocycles. The molecule has 0 atom stereocenters. The Hall–Kier alpha value is -3.29. The van der Waals surface area contributed by atoms with Gasteiger partial charge in [-0.1, -0.05) is 19.9 Å². The van der Waals surface area contributed by atoms with Crippen molar-refractivity contribution in [3.05, 3.63) is 41.5 Å². The van der Waals surface area contributed by atoms with Gasteiger partial charge in [0, 0.05) is 30.3 Å². The number of carbonyl (C=O) groups is 2. The molecule has 1 fully saturated rings. The number of hydrogen-bond acceptors (Lipinski definition) is 6. The van der Waals surface area contributed by atoms with Gasteiger partial charge in [-0.15, -0.1) is 0 Å². The maximum Gasteiger partial charge on any atom is 0.415 e. The van der Waals surface area contributed by atoms with Crippen LogP contribution < -0.4 is 19.5 Å². The topological polar surface area (TPSA) is 90.0 Å². The highest BCUT2D eigenvalue weighted by molar-refractivity contribution is 6.06. The molecule has 1 N–H and O–H groups in total. The number of nitrogens with one attached hydrogen (secondary N) is 1. The summed E-state index contributed by atoms with van der Waals surface area (Å²) >= 11 is 0. The Balaban J connectivity index is 1.88. The van der Waals surface area contributed by atoms with Crippen molar-refractivity contribution in [2.45, 2.75) is 26.2 Å². The minimum absolute atomic E-state index is 0.0352. The van der Waals surface area contributed by atoms with Crippen molar-refractivity contribution < 1.29 is 23.8 Å². The SMILES string of the molecule is COc1ccc(NC(=O)c2cccc(OC(=O)N3CCC3)c2C(C)C)c(OC)n1. The molecule has 0 spiro atoms. The van der Waals surface area contributed by atoms with Crippen molar-refractivity contribution in [3.63, 3.8) is 0 Å². The van der Waals surface area contributed by atoms with Crippen molar-refractivity contribution in [2.75, 3.05) is 32.6 Å². The highest BCUT2D eigenvalue weighted by Gasteiger charge is 2.25. The van der Waals surface area contributed by atoms with Crippen LogP contribution in [0.2, 0.25) is 0 Å². The first-order valence-corrected chi connectivity index (χ1v) is 9.44. The van der Waals surface area contributed by atoms with Crippen LogP contribution in [0.1, 0.15) is 42.1 Å². The average molecular weight is 399 g/mol. The number of pyridine rings is 1. The van der Waals surface area contributed by atoms with Gasteiger partial charge < -0.3 is 24.4 Å². The van der Waals surface area contributed by atoms with Crippen LogP contribution in [0.4, 0.5) is 10.5 Å². The van der Waals surface area contributed by atoms with Crippen LogP contribution in [0.25, 0.3) is 0 Å². The first-order valence-electron chi connectivity index (χ1n) is 9.44. The Kier molecular flexibility index (Phi) is 6.21. The average Bonchev–Trinajstić information content (AvgIpc) is 2.66. The number of anilines is 1. The van der Waals surface area contributed by atoms with Crippen molar-refractivity contribution in [3.8, 4) is 17.5 Å². The Bertz CT molecular complexity index is 909. The lowest BCUT2D eigenvalue weighted by atomic mass is 9.95. The quantitative estimate of drug-likeness (QED) is 0.797. The van der Waals surface area contributed by atoms with Crippen LogP contribution in [0, 0.1) is 0 Å². The summed E-state index contributed by atoms with van der Waals surface area (Å²) in [7, 11) is 2.97. The van der Waals surface area contributed by atoms with E-state index in [0.29, 0.717) is 41.5 Å². The molecule has 3 rings (SSSR count). The molecule has 0 aliphatic carbocycles. The summed E-state index contributed by atoms with van der Waals surface area (Å²) in [5.41, 5.74) is 1.50. The zero-order chi connectivity index (χ0) is 21.0. The van der Waals surface area contributed by atoms with Gasteiger partial charge >= 0.3 is 6.09 Å². The summed E-state index contributed by atoms with van der Waals surface area (Å²) in [6.07, 6.45) is 0.587. The number of methoxy groups -OCH3 is 2. The molecule has 0 saturated carbocycles. The lowest BCUT2D eigenvalue weighted by molar-refractivity contribution is 0.102. The Morgan fingerprint density at radius 1 is 1.10 bits per heavy atom. The van der Waals surface area contributed by atoms with E-state index in [1.54, 1.807) is 35.2 Å². The molecule has 0 bridgehead atoms.